The molecule has 0 aliphatic carbocycles. The van der Waals surface area contributed by atoms with Gasteiger partial charge in [0.1, 0.15) is 5.75 Å². The van der Waals surface area contributed by atoms with Crippen LogP contribution >= 0.6 is 11.3 Å². The number of hydrogen-bond acceptors (Lipinski definition) is 4. The van der Waals surface area contributed by atoms with Crippen molar-refractivity contribution in [3.63, 3.8) is 0 Å². The van der Waals surface area contributed by atoms with Gasteiger partial charge in [-0.05, 0) is 29.6 Å². The number of benzene rings is 1. The summed E-state index contributed by atoms with van der Waals surface area (Å²) in [6.45, 7) is 0.295. The quantitative estimate of drug-likeness (QED) is 0.851. The molecule has 4 nitrogen and oxygen atoms in total. The van der Waals surface area contributed by atoms with E-state index in [1.807, 2.05) is 17.5 Å². The van der Waals surface area contributed by atoms with Crippen LogP contribution in [0, 0.1) is 11.8 Å². The zero-order chi connectivity index (χ0) is 14.4. The Morgan fingerprint density at radius 1 is 1.45 bits per heavy atom. The van der Waals surface area contributed by atoms with Crippen molar-refractivity contribution in [1.29, 1.82) is 0 Å². The van der Waals surface area contributed by atoms with Crippen molar-refractivity contribution in [1.82, 2.24) is 0 Å². The Kier molecular flexibility index (Phi) is 4.77. The molecule has 2 rings (SSSR count). The largest absolute Gasteiger partial charge is 0.495 e. The number of rotatable bonds is 3. The van der Waals surface area contributed by atoms with Gasteiger partial charge in [-0.15, -0.1) is 11.3 Å². The molecule has 0 saturated carbocycles. The number of anilines is 1. The smallest absolute Gasteiger partial charge is 0.265 e. The molecule has 0 fully saturated rings. The fourth-order valence-electron chi connectivity index (χ4n) is 1.63. The third-order valence-electron chi connectivity index (χ3n) is 2.53. The molecular formula is C15H14N2O2S. The van der Waals surface area contributed by atoms with Gasteiger partial charge in [-0.2, -0.15) is 0 Å². The van der Waals surface area contributed by atoms with Crippen molar-refractivity contribution >= 4 is 22.9 Å². The molecule has 1 aromatic carbocycles. The summed E-state index contributed by atoms with van der Waals surface area (Å²) in [6, 6.07) is 8.96. The summed E-state index contributed by atoms with van der Waals surface area (Å²) in [4.78, 5) is 12.7. The van der Waals surface area contributed by atoms with Crippen molar-refractivity contribution in [3.05, 3.63) is 46.2 Å². The van der Waals surface area contributed by atoms with Crippen molar-refractivity contribution in [2.24, 2.45) is 5.73 Å². The predicted octanol–water partition coefficient (Wildman–Crippen LogP) is 2.32. The lowest BCUT2D eigenvalue weighted by atomic mass is 10.2. The second-order valence-electron chi connectivity index (χ2n) is 3.85. The van der Waals surface area contributed by atoms with Gasteiger partial charge < -0.3 is 15.8 Å². The van der Waals surface area contributed by atoms with Crippen LogP contribution in [-0.4, -0.2) is 19.6 Å². The number of nitrogens with two attached hydrogens (primary N) is 1. The molecule has 0 atom stereocenters. The van der Waals surface area contributed by atoms with Crippen LogP contribution in [0.1, 0.15) is 15.2 Å². The molecule has 1 amide bonds. The first-order chi connectivity index (χ1) is 9.74. The van der Waals surface area contributed by atoms with Crippen LogP contribution in [0.5, 0.6) is 5.75 Å². The second-order valence-corrected chi connectivity index (χ2v) is 4.80. The third kappa shape index (κ3) is 3.38. The summed E-state index contributed by atoms with van der Waals surface area (Å²) >= 11 is 1.38. The Morgan fingerprint density at radius 3 is 2.95 bits per heavy atom. The van der Waals surface area contributed by atoms with E-state index in [0.717, 1.165) is 5.56 Å². The van der Waals surface area contributed by atoms with Gasteiger partial charge in [-0.1, -0.05) is 17.9 Å². The molecule has 0 radical (unpaired) electrons. The van der Waals surface area contributed by atoms with E-state index in [4.69, 9.17) is 10.5 Å². The van der Waals surface area contributed by atoms with E-state index in [9.17, 15) is 4.79 Å². The Labute approximate surface area is 121 Å². The van der Waals surface area contributed by atoms with E-state index < -0.39 is 0 Å². The van der Waals surface area contributed by atoms with Crippen LogP contribution in [0.15, 0.2) is 35.7 Å². The highest BCUT2D eigenvalue weighted by atomic mass is 32.1. The summed E-state index contributed by atoms with van der Waals surface area (Å²) < 4.78 is 5.24. The second kappa shape index (κ2) is 6.75. The Hall–Kier alpha value is -2.29. The van der Waals surface area contributed by atoms with E-state index in [2.05, 4.69) is 17.2 Å². The first-order valence-electron chi connectivity index (χ1n) is 5.96. The predicted molar refractivity (Wildman–Crippen MR) is 81.2 cm³/mol. The summed E-state index contributed by atoms with van der Waals surface area (Å²) in [7, 11) is 1.56. The number of hydrogen-bond donors (Lipinski definition) is 2. The molecule has 0 saturated heterocycles. The van der Waals surface area contributed by atoms with Gasteiger partial charge in [0.2, 0.25) is 0 Å². The molecule has 0 bridgehead atoms. The Morgan fingerprint density at radius 2 is 2.30 bits per heavy atom. The highest BCUT2D eigenvalue weighted by Gasteiger charge is 2.10. The molecular weight excluding hydrogens is 272 g/mol. The van der Waals surface area contributed by atoms with Gasteiger partial charge in [0, 0.05) is 5.56 Å². The lowest BCUT2D eigenvalue weighted by molar-refractivity contribution is 0.103. The van der Waals surface area contributed by atoms with Crippen LogP contribution in [0.3, 0.4) is 0 Å². The summed E-state index contributed by atoms with van der Waals surface area (Å²) in [5.41, 5.74) is 6.72. The molecule has 5 heteroatoms. The number of amides is 1. The number of carbonyl (C=O) groups is 1. The number of methoxy groups -OCH3 is 1. The van der Waals surface area contributed by atoms with Gasteiger partial charge in [-0.3, -0.25) is 4.79 Å². The molecule has 1 heterocycles. The maximum atomic E-state index is 12.1. The van der Waals surface area contributed by atoms with Crippen LogP contribution < -0.4 is 15.8 Å². The normalized spacial score (nSPS) is 9.50. The number of thiophene rings is 1. The Balaban J connectivity index is 2.26. The number of ether oxygens (including phenoxy) is 1. The van der Waals surface area contributed by atoms with E-state index >= 15 is 0 Å². The lowest BCUT2D eigenvalue weighted by Gasteiger charge is -2.10. The molecule has 2 aromatic rings. The third-order valence-corrected chi connectivity index (χ3v) is 3.40. The minimum atomic E-state index is -0.165. The zero-order valence-electron chi connectivity index (χ0n) is 11.0. The molecule has 1 aromatic heterocycles. The summed E-state index contributed by atoms with van der Waals surface area (Å²) in [5, 5.41) is 4.68. The van der Waals surface area contributed by atoms with E-state index in [1.165, 1.54) is 11.3 Å². The van der Waals surface area contributed by atoms with Gasteiger partial charge in [0.15, 0.2) is 0 Å². The minimum Gasteiger partial charge on any atom is -0.495 e. The van der Waals surface area contributed by atoms with Gasteiger partial charge >= 0.3 is 0 Å². The first kappa shape index (κ1) is 14.1. The van der Waals surface area contributed by atoms with Gasteiger partial charge in [0.05, 0.1) is 24.2 Å². The number of nitrogens with one attached hydrogen (secondary N) is 1. The maximum absolute atomic E-state index is 12.1. The van der Waals surface area contributed by atoms with Crippen molar-refractivity contribution in [3.8, 4) is 17.6 Å². The van der Waals surface area contributed by atoms with E-state index in [0.29, 0.717) is 22.9 Å². The lowest BCUT2D eigenvalue weighted by Crippen LogP contribution is -2.11. The standard InChI is InChI=1S/C15H14N2O2S/c1-19-13-7-6-11(4-2-8-16)10-12(13)17-15(18)14-5-3-9-20-14/h3,5-7,9-10H,8,16H2,1H3,(H,17,18). The van der Waals surface area contributed by atoms with Crippen molar-refractivity contribution in [2.45, 2.75) is 0 Å². The minimum absolute atomic E-state index is 0.165. The molecule has 0 spiro atoms. The molecule has 0 unspecified atom stereocenters. The fraction of sp³-hybridized carbons (Fsp3) is 0.133. The molecule has 20 heavy (non-hydrogen) atoms. The van der Waals surface area contributed by atoms with Crippen LogP contribution in [0.2, 0.25) is 0 Å². The summed E-state index contributed by atoms with van der Waals surface area (Å²) in [6.07, 6.45) is 0. The SMILES string of the molecule is COc1ccc(C#CCN)cc1NC(=O)c1cccs1. The zero-order valence-corrected chi connectivity index (χ0v) is 11.8. The topological polar surface area (TPSA) is 64.3 Å². The fourth-order valence-corrected chi connectivity index (χ4v) is 2.25. The maximum Gasteiger partial charge on any atom is 0.265 e. The van der Waals surface area contributed by atoms with E-state index in [-0.39, 0.29) is 5.91 Å². The molecule has 102 valence electrons. The average Bonchev–Trinajstić information content (AvgIpc) is 2.99. The summed E-state index contributed by atoms with van der Waals surface area (Å²) in [5.74, 6) is 6.13. The average molecular weight is 286 g/mol. The van der Waals surface area contributed by atoms with Crippen LogP contribution in [0.4, 0.5) is 5.69 Å². The monoisotopic (exact) mass is 286 g/mol. The molecule has 3 N–H and O–H groups in total. The van der Waals surface area contributed by atoms with Crippen molar-refractivity contribution in [2.75, 3.05) is 19.0 Å². The van der Waals surface area contributed by atoms with Gasteiger partial charge in [0.25, 0.3) is 5.91 Å². The van der Waals surface area contributed by atoms with E-state index in [1.54, 1.807) is 25.3 Å². The van der Waals surface area contributed by atoms with Crippen LogP contribution in [0.25, 0.3) is 0 Å². The van der Waals surface area contributed by atoms with Gasteiger partial charge in [-0.25, -0.2) is 0 Å². The molecule has 0 aliphatic heterocycles. The number of carbonyl (C=O) groups excluding carboxylic acids is 1. The highest BCUT2D eigenvalue weighted by molar-refractivity contribution is 7.12. The highest BCUT2D eigenvalue weighted by Crippen LogP contribution is 2.26. The Bertz CT molecular complexity index is 654. The van der Waals surface area contributed by atoms with Crippen LogP contribution in [-0.2, 0) is 0 Å². The van der Waals surface area contributed by atoms with Crippen molar-refractivity contribution < 1.29 is 9.53 Å². The molecule has 0 aliphatic rings. The first-order valence-corrected chi connectivity index (χ1v) is 6.84.